The summed E-state index contributed by atoms with van der Waals surface area (Å²) in [4.78, 5) is 13.9. The number of amides is 1. The molecule has 2 nitrogen and oxygen atoms in total. The molecule has 0 unspecified atom stereocenters. The van der Waals surface area contributed by atoms with Crippen LogP contribution in [0, 0.1) is 0 Å². The molecule has 0 bridgehead atoms. The summed E-state index contributed by atoms with van der Waals surface area (Å²) in [5.41, 5.74) is 2.62. The van der Waals surface area contributed by atoms with Crippen LogP contribution in [0.2, 0.25) is 0 Å². The molecule has 2 heteroatoms. The minimum Gasteiger partial charge on any atom is -0.333 e. The summed E-state index contributed by atoms with van der Waals surface area (Å²) < 4.78 is 0. The Bertz CT molecular complexity index is 409. The smallest absolute Gasteiger partial charge is 0.223 e. The molecule has 0 aromatic heterocycles. The van der Waals surface area contributed by atoms with Crippen molar-refractivity contribution in [3.05, 3.63) is 35.4 Å². The van der Waals surface area contributed by atoms with E-state index in [1.165, 1.54) is 11.1 Å². The second-order valence-corrected chi connectivity index (χ2v) is 5.09. The van der Waals surface area contributed by atoms with Gasteiger partial charge in [-0.15, -0.1) is 0 Å². The van der Waals surface area contributed by atoms with Crippen molar-refractivity contribution in [3.63, 3.8) is 0 Å². The third kappa shape index (κ3) is 1.84. The molecule has 2 rings (SSSR count). The van der Waals surface area contributed by atoms with Crippen molar-refractivity contribution in [2.24, 2.45) is 0 Å². The summed E-state index contributed by atoms with van der Waals surface area (Å²) >= 11 is 0. The molecule has 1 aliphatic rings. The number of fused-ring (bicyclic) bond motifs is 1. The van der Waals surface area contributed by atoms with E-state index in [2.05, 4.69) is 32.0 Å². The third-order valence-electron chi connectivity index (χ3n) is 3.40. The zero-order valence-corrected chi connectivity index (χ0v) is 10.3. The monoisotopic (exact) mass is 217 g/mol. The van der Waals surface area contributed by atoms with Gasteiger partial charge in [-0.25, -0.2) is 0 Å². The van der Waals surface area contributed by atoms with Crippen LogP contribution in [0.1, 0.15) is 38.3 Å². The van der Waals surface area contributed by atoms with Crippen molar-refractivity contribution in [2.45, 2.75) is 45.7 Å². The Labute approximate surface area is 97.3 Å². The van der Waals surface area contributed by atoms with Crippen molar-refractivity contribution in [1.82, 2.24) is 4.90 Å². The molecule has 86 valence electrons. The second kappa shape index (κ2) is 3.93. The highest BCUT2D eigenvalue weighted by Gasteiger charge is 2.34. The number of rotatable bonds is 1. The Balaban J connectivity index is 2.35. The van der Waals surface area contributed by atoms with Gasteiger partial charge in [0.05, 0.1) is 0 Å². The standard InChI is InChI=1S/C14H19NO/c1-4-13(16)15-10-12-8-6-5-7-11(12)9-14(15,2)3/h5-8H,4,9-10H2,1-3H3. The van der Waals surface area contributed by atoms with Gasteiger partial charge in [0, 0.05) is 18.5 Å². The van der Waals surface area contributed by atoms with Gasteiger partial charge in [0.25, 0.3) is 0 Å². The van der Waals surface area contributed by atoms with Crippen molar-refractivity contribution in [2.75, 3.05) is 0 Å². The van der Waals surface area contributed by atoms with E-state index in [1.54, 1.807) is 0 Å². The maximum absolute atomic E-state index is 11.9. The zero-order valence-electron chi connectivity index (χ0n) is 10.3. The first-order valence-electron chi connectivity index (χ1n) is 5.92. The van der Waals surface area contributed by atoms with E-state index in [4.69, 9.17) is 0 Å². The molecule has 1 heterocycles. The fraction of sp³-hybridized carbons (Fsp3) is 0.500. The van der Waals surface area contributed by atoms with Gasteiger partial charge in [-0.1, -0.05) is 31.2 Å². The summed E-state index contributed by atoms with van der Waals surface area (Å²) in [6.07, 6.45) is 1.54. The average Bonchev–Trinajstić information content (AvgIpc) is 2.26. The van der Waals surface area contributed by atoms with E-state index < -0.39 is 0 Å². The van der Waals surface area contributed by atoms with Gasteiger partial charge < -0.3 is 4.90 Å². The van der Waals surface area contributed by atoms with E-state index in [1.807, 2.05) is 17.9 Å². The first-order chi connectivity index (χ1) is 7.54. The molecular formula is C14H19NO. The predicted molar refractivity (Wildman–Crippen MR) is 65.1 cm³/mol. The quantitative estimate of drug-likeness (QED) is 0.708. The Kier molecular flexibility index (Phi) is 2.75. The van der Waals surface area contributed by atoms with Crippen LogP contribution in [0.5, 0.6) is 0 Å². The lowest BCUT2D eigenvalue weighted by molar-refractivity contribution is -0.137. The summed E-state index contributed by atoms with van der Waals surface area (Å²) in [5, 5.41) is 0. The van der Waals surface area contributed by atoms with Crippen LogP contribution in [0.15, 0.2) is 24.3 Å². The fourth-order valence-corrected chi connectivity index (χ4v) is 2.45. The van der Waals surface area contributed by atoms with Crippen LogP contribution in [0.25, 0.3) is 0 Å². The van der Waals surface area contributed by atoms with Crippen LogP contribution >= 0.6 is 0 Å². The molecule has 0 spiro atoms. The molecule has 1 aromatic carbocycles. The van der Waals surface area contributed by atoms with Crippen LogP contribution in [-0.4, -0.2) is 16.3 Å². The number of benzene rings is 1. The van der Waals surface area contributed by atoms with E-state index in [0.29, 0.717) is 6.42 Å². The molecule has 0 fully saturated rings. The number of nitrogens with zero attached hydrogens (tertiary/aromatic N) is 1. The zero-order chi connectivity index (χ0) is 11.8. The van der Waals surface area contributed by atoms with Crippen molar-refractivity contribution < 1.29 is 4.79 Å². The SMILES string of the molecule is CCC(=O)N1Cc2ccccc2CC1(C)C. The normalized spacial score (nSPS) is 18.1. The lowest BCUT2D eigenvalue weighted by atomic mass is 9.85. The predicted octanol–water partition coefficient (Wildman–Crippen LogP) is 2.76. The minimum atomic E-state index is -0.0541. The van der Waals surface area contributed by atoms with E-state index in [0.717, 1.165) is 13.0 Å². The Morgan fingerprint density at radius 3 is 2.56 bits per heavy atom. The first-order valence-corrected chi connectivity index (χ1v) is 5.92. The molecule has 1 aromatic rings. The highest BCUT2D eigenvalue weighted by atomic mass is 16.2. The highest BCUT2D eigenvalue weighted by Crippen LogP contribution is 2.30. The number of hydrogen-bond acceptors (Lipinski definition) is 1. The number of carbonyl (C=O) groups is 1. The maximum atomic E-state index is 11.9. The molecule has 0 N–H and O–H groups in total. The summed E-state index contributed by atoms with van der Waals surface area (Å²) in [6.45, 7) is 6.99. The van der Waals surface area contributed by atoms with E-state index in [-0.39, 0.29) is 11.4 Å². The Morgan fingerprint density at radius 1 is 1.31 bits per heavy atom. The largest absolute Gasteiger partial charge is 0.333 e. The molecule has 0 aliphatic carbocycles. The van der Waals surface area contributed by atoms with Crippen LogP contribution < -0.4 is 0 Å². The molecule has 0 atom stereocenters. The van der Waals surface area contributed by atoms with E-state index in [9.17, 15) is 4.79 Å². The summed E-state index contributed by atoms with van der Waals surface area (Å²) in [6, 6.07) is 8.42. The number of carbonyl (C=O) groups excluding carboxylic acids is 1. The summed E-state index contributed by atoms with van der Waals surface area (Å²) in [7, 11) is 0. The maximum Gasteiger partial charge on any atom is 0.223 e. The molecular weight excluding hydrogens is 198 g/mol. The van der Waals surface area contributed by atoms with Crippen molar-refractivity contribution >= 4 is 5.91 Å². The average molecular weight is 217 g/mol. The Morgan fingerprint density at radius 2 is 1.94 bits per heavy atom. The molecule has 0 saturated carbocycles. The van der Waals surface area contributed by atoms with Crippen LogP contribution in [0.4, 0.5) is 0 Å². The number of hydrogen-bond donors (Lipinski definition) is 0. The topological polar surface area (TPSA) is 20.3 Å². The van der Waals surface area contributed by atoms with Crippen molar-refractivity contribution in [1.29, 1.82) is 0 Å². The minimum absolute atomic E-state index is 0.0541. The lowest BCUT2D eigenvalue weighted by Gasteiger charge is -2.43. The lowest BCUT2D eigenvalue weighted by Crippen LogP contribution is -2.51. The van der Waals surface area contributed by atoms with E-state index >= 15 is 0 Å². The fourth-order valence-electron chi connectivity index (χ4n) is 2.45. The van der Waals surface area contributed by atoms with Gasteiger partial charge in [0.15, 0.2) is 0 Å². The van der Waals surface area contributed by atoms with Crippen LogP contribution in [0.3, 0.4) is 0 Å². The van der Waals surface area contributed by atoms with Gasteiger partial charge in [0.1, 0.15) is 0 Å². The van der Waals surface area contributed by atoms with Gasteiger partial charge >= 0.3 is 0 Å². The van der Waals surface area contributed by atoms with Gasteiger partial charge in [-0.05, 0) is 31.4 Å². The van der Waals surface area contributed by atoms with Crippen molar-refractivity contribution in [3.8, 4) is 0 Å². The van der Waals surface area contributed by atoms with Gasteiger partial charge in [-0.3, -0.25) is 4.79 Å². The first kappa shape index (κ1) is 11.2. The van der Waals surface area contributed by atoms with Gasteiger partial charge in [-0.2, -0.15) is 0 Å². The summed E-state index contributed by atoms with van der Waals surface area (Å²) in [5.74, 6) is 0.250. The second-order valence-electron chi connectivity index (χ2n) is 5.09. The van der Waals surface area contributed by atoms with Gasteiger partial charge in [0.2, 0.25) is 5.91 Å². The molecule has 0 radical (unpaired) electrons. The molecule has 0 saturated heterocycles. The molecule has 16 heavy (non-hydrogen) atoms. The molecule has 1 amide bonds. The van der Waals surface area contributed by atoms with Crippen LogP contribution in [-0.2, 0) is 17.8 Å². The molecule has 1 aliphatic heterocycles. The Hall–Kier alpha value is -1.31. The highest BCUT2D eigenvalue weighted by molar-refractivity contribution is 5.77. The third-order valence-corrected chi connectivity index (χ3v) is 3.40.